The van der Waals surface area contributed by atoms with Gasteiger partial charge in [0.2, 0.25) is 10.0 Å². The van der Waals surface area contributed by atoms with Gasteiger partial charge in [-0.25, -0.2) is 13.1 Å². The molecule has 10 heteroatoms. The summed E-state index contributed by atoms with van der Waals surface area (Å²) < 4.78 is 28.3. The number of amides is 1. The van der Waals surface area contributed by atoms with Gasteiger partial charge in [-0.1, -0.05) is 37.6 Å². The van der Waals surface area contributed by atoms with E-state index in [0.717, 1.165) is 12.8 Å². The minimum atomic E-state index is -3.80. The van der Waals surface area contributed by atoms with E-state index in [1.54, 1.807) is 17.0 Å². The van der Waals surface area contributed by atoms with Crippen LogP contribution in [0.4, 0.5) is 0 Å². The van der Waals surface area contributed by atoms with Crippen LogP contribution in [0.2, 0.25) is 0 Å². The largest absolute Gasteiger partial charge is 0.337 e. The molecule has 3 rings (SSSR count). The van der Waals surface area contributed by atoms with Gasteiger partial charge >= 0.3 is 0 Å². The van der Waals surface area contributed by atoms with Crippen LogP contribution in [0.5, 0.6) is 0 Å². The maximum Gasteiger partial charge on any atom is 0.273 e. The third-order valence-electron chi connectivity index (χ3n) is 5.70. The Hall–Kier alpha value is -2.77. The number of nitrogens with one attached hydrogen (secondary N) is 2. The summed E-state index contributed by atoms with van der Waals surface area (Å²) in [7, 11) is -3.80. The van der Waals surface area contributed by atoms with E-state index in [1.165, 1.54) is 18.3 Å². The Labute approximate surface area is 176 Å². The summed E-state index contributed by atoms with van der Waals surface area (Å²) in [6.07, 6.45) is 3.15. The molecule has 160 valence electrons. The normalized spacial score (nSPS) is 20.1. The van der Waals surface area contributed by atoms with Gasteiger partial charge in [0.15, 0.2) is 0 Å². The van der Waals surface area contributed by atoms with Crippen molar-refractivity contribution in [3.8, 4) is 6.07 Å². The summed E-state index contributed by atoms with van der Waals surface area (Å²) in [6, 6.07) is 8.10. The molecule has 1 saturated heterocycles. The average molecular weight is 431 g/mol. The molecule has 9 nitrogen and oxygen atoms in total. The van der Waals surface area contributed by atoms with Crippen LogP contribution < -0.4 is 4.72 Å². The zero-order valence-corrected chi connectivity index (χ0v) is 17.9. The highest BCUT2D eigenvalue weighted by atomic mass is 32.2. The summed E-state index contributed by atoms with van der Waals surface area (Å²) in [4.78, 5) is 14.4. The lowest BCUT2D eigenvalue weighted by molar-refractivity contribution is 0.0774. The third kappa shape index (κ3) is 4.68. The molecule has 1 aliphatic rings. The molecular weight excluding hydrogens is 404 g/mol. The molecule has 1 aliphatic heterocycles. The van der Waals surface area contributed by atoms with Crippen molar-refractivity contribution in [2.45, 2.75) is 31.6 Å². The number of hydrogen-bond acceptors (Lipinski definition) is 6. The number of nitriles is 1. The van der Waals surface area contributed by atoms with E-state index in [1.807, 2.05) is 6.07 Å². The Kier molecular flexibility index (Phi) is 6.84. The van der Waals surface area contributed by atoms with Gasteiger partial charge in [0.1, 0.15) is 11.8 Å². The summed E-state index contributed by atoms with van der Waals surface area (Å²) >= 11 is 0. The van der Waals surface area contributed by atoms with Crippen molar-refractivity contribution in [2.24, 2.45) is 17.8 Å². The van der Waals surface area contributed by atoms with E-state index in [0.29, 0.717) is 18.8 Å². The van der Waals surface area contributed by atoms with Crippen molar-refractivity contribution in [1.82, 2.24) is 25.0 Å². The van der Waals surface area contributed by atoms with Crippen molar-refractivity contribution in [2.75, 3.05) is 19.6 Å². The lowest BCUT2D eigenvalue weighted by Gasteiger charge is -2.26. The smallest absolute Gasteiger partial charge is 0.273 e. The number of H-pyrrole nitrogens is 1. The van der Waals surface area contributed by atoms with Crippen molar-refractivity contribution < 1.29 is 13.2 Å². The minimum Gasteiger partial charge on any atom is -0.337 e. The number of rotatable bonds is 8. The van der Waals surface area contributed by atoms with Crippen LogP contribution in [0.1, 0.15) is 42.7 Å². The van der Waals surface area contributed by atoms with Gasteiger partial charge in [-0.15, -0.1) is 5.10 Å². The Morgan fingerprint density at radius 2 is 2.17 bits per heavy atom. The number of sulfonamides is 1. The first-order chi connectivity index (χ1) is 14.4. The number of aromatic amines is 1. The number of carbonyl (C=O) groups is 1. The number of aromatic nitrogens is 3. The van der Waals surface area contributed by atoms with E-state index < -0.39 is 10.0 Å². The molecule has 1 amide bonds. The number of benzene rings is 1. The zero-order chi connectivity index (χ0) is 21.7. The highest BCUT2D eigenvalue weighted by molar-refractivity contribution is 7.89. The van der Waals surface area contributed by atoms with Gasteiger partial charge in [-0.2, -0.15) is 5.26 Å². The van der Waals surface area contributed by atoms with Gasteiger partial charge in [0, 0.05) is 19.6 Å². The van der Waals surface area contributed by atoms with Crippen molar-refractivity contribution in [1.29, 1.82) is 5.26 Å². The molecule has 2 heterocycles. The topological polar surface area (TPSA) is 132 Å². The third-order valence-corrected chi connectivity index (χ3v) is 7.18. The molecule has 0 bridgehead atoms. The van der Waals surface area contributed by atoms with E-state index in [9.17, 15) is 18.5 Å². The second kappa shape index (κ2) is 9.36. The van der Waals surface area contributed by atoms with E-state index in [-0.39, 0.29) is 40.7 Å². The van der Waals surface area contributed by atoms with E-state index >= 15 is 0 Å². The van der Waals surface area contributed by atoms with Crippen LogP contribution in [0.15, 0.2) is 35.4 Å². The van der Waals surface area contributed by atoms with Crippen LogP contribution in [0, 0.1) is 29.1 Å². The summed E-state index contributed by atoms with van der Waals surface area (Å²) in [5, 5.41) is 19.1. The SMILES string of the molecule is CCC[C@@H](CNS(=O)(=O)c1ccccc1C#N)[C@H]1CN(C(=O)c2cnn[nH]2)C[C@H]1C. The number of carbonyl (C=O) groups excluding carboxylic acids is 1. The Morgan fingerprint density at radius 1 is 1.40 bits per heavy atom. The van der Waals surface area contributed by atoms with Crippen molar-refractivity contribution in [3.05, 3.63) is 41.7 Å². The molecule has 2 aromatic rings. The zero-order valence-electron chi connectivity index (χ0n) is 17.1. The number of nitrogens with zero attached hydrogens (tertiary/aromatic N) is 4. The lowest BCUT2D eigenvalue weighted by Crippen LogP contribution is -2.36. The first-order valence-electron chi connectivity index (χ1n) is 10.0. The van der Waals surface area contributed by atoms with E-state index in [4.69, 9.17) is 0 Å². The van der Waals surface area contributed by atoms with Gasteiger partial charge in [-0.05, 0) is 36.3 Å². The molecular formula is C20H26N6O3S. The Balaban J connectivity index is 1.71. The number of hydrogen-bond donors (Lipinski definition) is 2. The fourth-order valence-electron chi connectivity index (χ4n) is 4.17. The molecule has 1 fully saturated rings. The highest BCUT2D eigenvalue weighted by Crippen LogP contribution is 2.33. The molecule has 0 spiro atoms. The second-order valence-corrected chi connectivity index (χ2v) is 9.47. The van der Waals surface area contributed by atoms with E-state index in [2.05, 4.69) is 34.0 Å². The van der Waals surface area contributed by atoms with Crippen LogP contribution in [0.3, 0.4) is 0 Å². The standard InChI is InChI=1S/C20H26N6O3S/c1-3-6-16(10-23-30(28,29)19-8-5-4-7-15(19)9-21)17-13-26(12-14(17)2)20(27)18-11-22-25-24-18/h4-5,7-8,11,14,16-17,23H,3,6,10,12-13H2,1-2H3,(H,22,24,25)/t14-,16+,17+/m1/s1. The summed E-state index contributed by atoms with van der Waals surface area (Å²) in [5.74, 6) is 0.329. The fraction of sp³-hybridized carbons (Fsp3) is 0.500. The molecule has 0 radical (unpaired) electrons. The van der Waals surface area contributed by atoms with Crippen LogP contribution in [0.25, 0.3) is 0 Å². The van der Waals surface area contributed by atoms with Crippen molar-refractivity contribution >= 4 is 15.9 Å². The monoisotopic (exact) mass is 430 g/mol. The number of likely N-dealkylation sites (tertiary alicyclic amines) is 1. The van der Waals surface area contributed by atoms with Crippen LogP contribution in [-0.4, -0.2) is 54.3 Å². The minimum absolute atomic E-state index is 0.00855. The quantitative estimate of drug-likeness (QED) is 0.656. The Morgan fingerprint density at radius 3 is 2.83 bits per heavy atom. The van der Waals surface area contributed by atoms with Gasteiger partial charge < -0.3 is 4.90 Å². The van der Waals surface area contributed by atoms with Crippen molar-refractivity contribution in [3.63, 3.8) is 0 Å². The second-order valence-electron chi connectivity index (χ2n) is 7.73. The Bertz CT molecular complexity index is 1020. The van der Waals surface area contributed by atoms with Gasteiger partial charge in [0.05, 0.1) is 16.7 Å². The van der Waals surface area contributed by atoms with Crippen LogP contribution in [-0.2, 0) is 10.0 Å². The molecule has 0 unspecified atom stereocenters. The maximum absolute atomic E-state index is 12.8. The first-order valence-corrected chi connectivity index (χ1v) is 11.5. The molecule has 0 aliphatic carbocycles. The lowest BCUT2D eigenvalue weighted by atomic mass is 9.82. The highest BCUT2D eigenvalue weighted by Gasteiger charge is 2.38. The average Bonchev–Trinajstić information content (AvgIpc) is 3.41. The molecule has 30 heavy (non-hydrogen) atoms. The predicted molar refractivity (Wildman–Crippen MR) is 110 cm³/mol. The molecule has 0 saturated carbocycles. The fourth-order valence-corrected chi connectivity index (χ4v) is 5.42. The summed E-state index contributed by atoms with van der Waals surface area (Å²) in [5.41, 5.74) is 0.472. The predicted octanol–water partition coefficient (Wildman–Crippen LogP) is 1.78. The molecule has 1 aromatic carbocycles. The molecule has 1 aromatic heterocycles. The summed E-state index contributed by atoms with van der Waals surface area (Å²) in [6.45, 7) is 5.57. The molecule has 2 N–H and O–H groups in total. The first kappa shape index (κ1) is 21.9. The van der Waals surface area contributed by atoms with Crippen LogP contribution >= 0.6 is 0 Å². The maximum atomic E-state index is 12.8. The van der Waals surface area contributed by atoms with Gasteiger partial charge in [0.25, 0.3) is 5.91 Å². The molecule has 3 atom stereocenters. The van der Waals surface area contributed by atoms with Gasteiger partial charge in [-0.3, -0.25) is 9.89 Å².